The molecule has 2 aromatic carbocycles. The molecule has 0 radical (unpaired) electrons. The molecule has 0 spiro atoms. The average molecular weight is 518 g/mol. The van der Waals surface area contributed by atoms with E-state index in [0.29, 0.717) is 25.5 Å². The molecule has 1 saturated heterocycles. The van der Waals surface area contributed by atoms with E-state index < -0.39 is 6.04 Å². The first-order chi connectivity index (χ1) is 18.3. The molecule has 1 aliphatic rings. The fraction of sp³-hybridized carbons (Fsp3) is 0.379. The summed E-state index contributed by atoms with van der Waals surface area (Å²) in [6, 6.07) is 17.1. The maximum Gasteiger partial charge on any atom is 0.239 e. The quantitative estimate of drug-likeness (QED) is 0.418. The van der Waals surface area contributed by atoms with Gasteiger partial charge in [-0.25, -0.2) is 9.97 Å². The molecule has 38 heavy (non-hydrogen) atoms. The Balaban J connectivity index is 0.00000127. The second-order valence-electron chi connectivity index (χ2n) is 9.22. The Kier molecular flexibility index (Phi) is 10.6. The smallest absolute Gasteiger partial charge is 0.239 e. The molecule has 1 aliphatic heterocycles. The number of benzene rings is 2. The van der Waals surface area contributed by atoms with Crippen LogP contribution in [0.3, 0.4) is 0 Å². The van der Waals surface area contributed by atoms with Gasteiger partial charge in [0.15, 0.2) is 0 Å². The third-order valence-corrected chi connectivity index (χ3v) is 5.91. The van der Waals surface area contributed by atoms with Crippen molar-refractivity contribution in [2.75, 3.05) is 41.7 Å². The number of carbonyl (C=O) groups is 2. The molecule has 2 amide bonds. The Morgan fingerprint density at radius 3 is 2.11 bits per heavy atom. The summed E-state index contributed by atoms with van der Waals surface area (Å²) in [6.07, 6.45) is 3.41. The van der Waals surface area contributed by atoms with Gasteiger partial charge in [-0.2, -0.15) is 0 Å². The molecule has 1 aromatic heterocycles. The fourth-order valence-corrected chi connectivity index (χ4v) is 3.91. The molecule has 9 nitrogen and oxygen atoms in total. The SMILES string of the molecule is CCC.CCC(=O)Nc1ccc(-c2ccnc(Nc3ccc(N4CCN(C(=O)C(C)N)CC4)cc3)n2)cc1. The highest BCUT2D eigenvalue weighted by Crippen LogP contribution is 2.24. The van der Waals surface area contributed by atoms with Crippen molar-refractivity contribution in [3.63, 3.8) is 0 Å². The lowest BCUT2D eigenvalue weighted by Gasteiger charge is -2.36. The van der Waals surface area contributed by atoms with Gasteiger partial charge in [0.1, 0.15) is 0 Å². The summed E-state index contributed by atoms with van der Waals surface area (Å²) in [5.41, 5.74) is 10.2. The van der Waals surface area contributed by atoms with Crippen LogP contribution >= 0.6 is 0 Å². The average Bonchev–Trinajstić information content (AvgIpc) is 2.94. The van der Waals surface area contributed by atoms with Crippen molar-refractivity contribution in [3.05, 3.63) is 60.8 Å². The Bertz CT molecular complexity index is 1170. The van der Waals surface area contributed by atoms with Crippen molar-refractivity contribution in [2.45, 2.75) is 46.6 Å². The minimum Gasteiger partial charge on any atom is -0.368 e. The molecule has 1 atom stereocenters. The Morgan fingerprint density at radius 1 is 0.921 bits per heavy atom. The standard InChI is InChI=1S/C26H31N7O2.C3H8/c1-3-24(34)29-20-6-4-19(5-7-20)23-12-13-28-26(31-23)30-21-8-10-22(11-9-21)32-14-16-33(17-15-32)25(35)18(2)27;1-3-2/h4-13,18H,3,14-17,27H2,1-2H3,(H,29,34)(H,28,30,31);3H2,1-2H3. The van der Waals surface area contributed by atoms with E-state index in [1.54, 1.807) is 13.1 Å². The highest BCUT2D eigenvalue weighted by Gasteiger charge is 2.23. The van der Waals surface area contributed by atoms with Crippen molar-refractivity contribution in [3.8, 4) is 11.3 Å². The van der Waals surface area contributed by atoms with Crippen LogP contribution < -0.4 is 21.3 Å². The van der Waals surface area contributed by atoms with Crippen molar-refractivity contribution in [1.29, 1.82) is 0 Å². The Morgan fingerprint density at radius 2 is 1.53 bits per heavy atom. The van der Waals surface area contributed by atoms with Crippen molar-refractivity contribution < 1.29 is 9.59 Å². The number of nitrogens with two attached hydrogens (primary N) is 1. The normalized spacial score (nSPS) is 13.7. The van der Waals surface area contributed by atoms with Crippen molar-refractivity contribution in [1.82, 2.24) is 14.9 Å². The highest BCUT2D eigenvalue weighted by molar-refractivity contribution is 5.90. The van der Waals surface area contributed by atoms with E-state index in [4.69, 9.17) is 5.73 Å². The van der Waals surface area contributed by atoms with Gasteiger partial charge < -0.3 is 26.2 Å². The van der Waals surface area contributed by atoms with Crippen LogP contribution in [0.25, 0.3) is 11.3 Å². The summed E-state index contributed by atoms with van der Waals surface area (Å²) >= 11 is 0. The second kappa shape index (κ2) is 14.1. The largest absolute Gasteiger partial charge is 0.368 e. The number of nitrogens with zero attached hydrogens (tertiary/aromatic N) is 4. The van der Waals surface area contributed by atoms with Gasteiger partial charge in [-0.15, -0.1) is 0 Å². The lowest BCUT2D eigenvalue weighted by atomic mass is 10.1. The van der Waals surface area contributed by atoms with Gasteiger partial charge in [-0.3, -0.25) is 9.59 Å². The zero-order valence-corrected chi connectivity index (χ0v) is 22.8. The number of aromatic nitrogens is 2. The van der Waals surface area contributed by atoms with Gasteiger partial charge in [0.25, 0.3) is 0 Å². The zero-order valence-electron chi connectivity index (χ0n) is 22.8. The van der Waals surface area contributed by atoms with Crippen LogP contribution in [0.2, 0.25) is 0 Å². The molecule has 202 valence electrons. The molecule has 1 fully saturated rings. The molecule has 2 heterocycles. The summed E-state index contributed by atoms with van der Waals surface area (Å²) in [7, 11) is 0. The van der Waals surface area contributed by atoms with Crippen molar-refractivity contribution in [2.24, 2.45) is 5.73 Å². The monoisotopic (exact) mass is 517 g/mol. The number of nitrogens with one attached hydrogen (secondary N) is 2. The molecule has 3 aromatic rings. The minimum absolute atomic E-state index is 0.00522. The number of piperazine rings is 1. The zero-order chi connectivity index (χ0) is 27.5. The Labute approximate surface area is 225 Å². The van der Waals surface area contributed by atoms with Crippen molar-refractivity contribution >= 4 is 34.8 Å². The third-order valence-electron chi connectivity index (χ3n) is 5.91. The topological polar surface area (TPSA) is 116 Å². The van der Waals surface area contributed by atoms with Gasteiger partial charge in [-0.05, 0) is 49.4 Å². The lowest BCUT2D eigenvalue weighted by molar-refractivity contribution is -0.132. The summed E-state index contributed by atoms with van der Waals surface area (Å²) in [6.45, 7) is 10.7. The van der Waals surface area contributed by atoms with E-state index in [1.165, 1.54) is 6.42 Å². The second-order valence-corrected chi connectivity index (χ2v) is 9.22. The van der Waals surface area contributed by atoms with Gasteiger partial charge in [0.2, 0.25) is 17.8 Å². The lowest BCUT2D eigenvalue weighted by Crippen LogP contribution is -2.52. The number of hydrogen-bond donors (Lipinski definition) is 3. The molecule has 9 heteroatoms. The summed E-state index contributed by atoms with van der Waals surface area (Å²) in [5, 5.41) is 6.10. The number of rotatable bonds is 7. The van der Waals surface area contributed by atoms with Gasteiger partial charge in [0, 0.05) is 61.4 Å². The van der Waals surface area contributed by atoms with E-state index in [0.717, 1.165) is 41.4 Å². The van der Waals surface area contributed by atoms with Gasteiger partial charge >= 0.3 is 0 Å². The van der Waals surface area contributed by atoms with E-state index >= 15 is 0 Å². The number of amides is 2. The predicted octanol–water partition coefficient (Wildman–Crippen LogP) is 4.65. The number of hydrogen-bond acceptors (Lipinski definition) is 7. The first-order valence-corrected chi connectivity index (χ1v) is 13.2. The van der Waals surface area contributed by atoms with Crippen LogP contribution in [-0.2, 0) is 9.59 Å². The van der Waals surface area contributed by atoms with E-state index in [1.807, 2.05) is 54.3 Å². The van der Waals surface area contributed by atoms with Gasteiger partial charge in [0.05, 0.1) is 11.7 Å². The maximum atomic E-state index is 12.1. The maximum absolute atomic E-state index is 12.1. The molecular formula is C29H39N7O2. The van der Waals surface area contributed by atoms with E-state index in [9.17, 15) is 9.59 Å². The Hall–Kier alpha value is -3.98. The predicted molar refractivity (Wildman–Crippen MR) is 155 cm³/mol. The van der Waals surface area contributed by atoms with Crippen LogP contribution in [0.5, 0.6) is 0 Å². The van der Waals surface area contributed by atoms with E-state index in [2.05, 4.69) is 51.5 Å². The van der Waals surface area contributed by atoms with Crippen LogP contribution in [-0.4, -0.2) is 58.9 Å². The van der Waals surface area contributed by atoms with Crippen LogP contribution in [0.4, 0.5) is 23.0 Å². The molecule has 4 rings (SSSR count). The highest BCUT2D eigenvalue weighted by atomic mass is 16.2. The molecule has 0 saturated carbocycles. The van der Waals surface area contributed by atoms with Crippen LogP contribution in [0, 0.1) is 0 Å². The first-order valence-electron chi connectivity index (χ1n) is 13.2. The summed E-state index contributed by atoms with van der Waals surface area (Å²) < 4.78 is 0. The fourth-order valence-electron chi connectivity index (χ4n) is 3.91. The van der Waals surface area contributed by atoms with E-state index in [-0.39, 0.29) is 11.8 Å². The first kappa shape index (κ1) is 28.6. The molecule has 0 bridgehead atoms. The van der Waals surface area contributed by atoms with Crippen LogP contribution in [0.1, 0.15) is 40.5 Å². The molecule has 1 unspecified atom stereocenters. The molecule has 0 aliphatic carbocycles. The van der Waals surface area contributed by atoms with Gasteiger partial charge in [-0.1, -0.05) is 39.3 Å². The number of anilines is 4. The third kappa shape index (κ3) is 8.01. The minimum atomic E-state index is -0.458. The number of carbonyl (C=O) groups excluding carboxylic acids is 2. The molecule has 4 N–H and O–H groups in total. The summed E-state index contributed by atoms with van der Waals surface area (Å²) in [5.74, 6) is 0.489. The summed E-state index contributed by atoms with van der Waals surface area (Å²) in [4.78, 5) is 36.7. The van der Waals surface area contributed by atoms with Crippen LogP contribution in [0.15, 0.2) is 60.8 Å². The molecular weight excluding hydrogens is 478 g/mol.